The van der Waals surface area contributed by atoms with Crippen LogP contribution in [0.1, 0.15) is 29.3 Å². The highest BCUT2D eigenvalue weighted by atomic mass is 19.1. The van der Waals surface area contributed by atoms with E-state index in [1.165, 1.54) is 12.1 Å². The number of hydrogen-bond acceptors (Lipinski definition) is 3. The van der Waals surface area contributed by atoms with Crippen molar-refractivity contribution in [2.24, 2.45) is 0 Å². The number of fused-ring (bicyclic) bond motifs is 1. The summed E-state index contributed by atoms with van der Waals surface area (Å²) < 4.78 is 22.0. The molecule has 1 saturated heterocycles. The summed E-state index contributed by atoms with van der Waals surface area (Å²) in [6.45, 7) is 5.68. The molecule has 0 bridgehead atoms. The van der Waals surface area contributed by atoms with Crippen molar-refractivity contribution in [2.75, 3.05) is 18.1 Å². The number of benzene rings is 3. The van der Waals surface area contributed by atoms with Gasteiger partial charge in [0.2, 0.25) is 5.91 Å². The molecule has 1 aliphatic heterocycles. The van der Waals surface area contributed by atoms with E-state index in [9.17, 15) is 9.18 Å². The van der Waals surface area contributed by atoms with Crippen LogP contribution in [0.25, 0.3) is 11.0 Å². The molecule has 1 aromatic heterocycles. The lowest BCUT2D eigenvalue weighted by Crippen LogP contribution is -2.24. The summed E-state index contributed by atoms with van der Waals surface area (Å²) in [7, 11) is 0. The van der Waals surface area contributed by atoms with Crippen molar-refractivity contribution in [3.63, 3.8) is 0 Å². The van der Waals surface area contributed by atoms with E-state index in [1.54, 1.807) is 17.0 Å². The van der Waals surface area contributed by atoms with E-state index < -0.39 is 0 Å². The maximum Gasteiger partial charge on any atom is 0.227 e. The van der Waals surface area contributed by atoms with Crippen LogP contribution in [0.15, 0.2) is 66.7 Å². The molecule has 2 heterocycles. The number of ether oxygens (including phenoxy) is 1. The molecule has 168 valence electrons. The fourth-order valence-corrected chi connectivity index (χ4v) is 4.52. The number of amides is 1. The lowest BCUT2D eigenvalue weighted by molar-refractivity contribution is -0.117. The fourth-order valence-electron chi connectivity index (χ4n) is 4.52. The maximum atomic E-state index is 13.7. The zero-order valence-corrected chi connectivity index (χ0v) is 18.8. The van der Waals surface area contributed by atoms with Gasteiger partial charge < -0.3 is 14.2 Å². The van der Waals surface area contributed by atoms with Gasteiger partial charge in [-0.3, -0.25) is 4.79 Å². The molecular weight excluding hydrogens is 417 g/mol. The fraction of sp³-hybridized carbons (Fsp3) is 0.259. The molecular formula is C27H26FN3O2. The van der Waals surface area contributed by atoms with Crippen molar-refractivity contribution >= 4 is 22.6 Å². The van der Waals surface area contributed by atoms with Crippen molar-refractivity contribution in [2.45, 2.75) is 32.7 Å². The molecule has 0 aliphatic carbocycles. The number of imidazole rings is 1. The molecule has 1 fully saturated rings. The van der Waals surface area contributed by atoms with Crippen LogP contribution in [0, 0.1) is 19.7 Å². The normalized spacial score (nSPS) is 16.0. The third-order valence-electron chi connectivity index (χ3n) is 6.21. The Morgan fingerprint density at radius 2 is 1.91 bits per heavy atom. The first kappa shape index (κ1) is 21.2. The molecule has 3 aromatic carbocycles. The quantitative estimate of drug-likeness (QED) is 0.401. The first-order valence-corrected chi connectivity index (χ1v) is 11.2. The van der Waals surface area contributed by atoms with Gasteiger partial charge >= 0.3 is 0 Å². The topological polar surface area (TPSA) is 47.4 Å². The number of nitrogens with zero attached hydrogens (tertiary/aromatic N) is 3. The molecule has 33 heavy (non-hydrogen) atoms. The van der Waals surface area contributed by atoms with Crippen molar-refractivity contribution in [1.82, 2.24) is 9.55 Å². The molecule has 5 rings (SSSR count). The second-order valence-electron chi connectivity index (χ2n) is 8.61. The van der Waals surface area contributed by atoms with Crippen LogP contribution in [-0.2, 0) is 11.3 Å². The van der Waals surface area contributed by atoms with Gasteiger partial charge in [0.15, 0.2) is 0 Å². The van der Waals surface area contributed by atoms with Crippen molar-refractivity contribution in [1.29, 1.82) is 0 Å². The molecule has 5 nitrogen and oxygen atoms in total. The molecule has 1 amide bonds. The highest BCUT2D eigenvalue weighted by molar-refractivity contribution is 5.96. The Balaban J connectivity index is 1.41. The van der Waals surface area contributed by atoms with Gasteiger partial charge in [0.1, 0.15) is 24.0 Å². The average molecular weight is 444 g/mol. The number of aromatic nitrogens is 2. The maximum absolute atomic E-state index is 13.7. The van der Waals surface area contributed by atoms with Crippen LogP contribution in [0.5, 0.6) is 5.75 Å². The Kier molecular flexibility index (Phi) is 5.58. The molecule has 0 spiro atoms. The zero-order chi connectivity index (χ0) is 22.9. The van der Waals surface area contributed by atoms with Gasteiger partial charge in [-0.2, -0.15) is 0 Å². The van der Waals surface area contributed by atoms with Gasteiger partial charge in [-0.1, -0.05) is 30.3 Å². The predicted molar refractivity (Wildman–Crippen MR) is 127 cm³/mol. The van der Waals surface area contributed by atoms with Gasteiger partial charge in [-0.05, 0) is 61.4 Å². The van der Waals surface area contributed by atoms with Gasteiger partial charge in [-0.15, -0.1) is 0 Å². The third-order valence-corrected chi connectivity index (χ3v) is 6.21. The van der Waals surface area contributed by atoms with Gasteiger partial charge in [0, 0.05) is 24.6 Å². The summed E-state index contributed by atoms with van der Waals surface area (Å²) in [5, 5.41) is 0. The smallest absolute Gasteiger partial charge is 0.227 e. The first-order chi connectivity index (χ1) is 16.0. The number of rotatable bonds is 6. The standard InChI is InChI=1S/C27H26FN3O2/c1-18-10-11-19(2)25(14-18)33-13-12-30-24-9-4-3-8-23(24)29-27(30)20-15-26(32)31(17-20)22-7-5-6-21(28)16-22/h3-11,14,16,20H,12-13,15,17H2,1-2H3. The van der Waals surface area contributed by atoms with Crippen LogP contribution in [-0.4, -0.2) is 28.6 Å². The number of halogens is 1. The van der Waals surface area contributed by atoms with Gasteiger partial charge in [0.25, 0.3) is 0 Å². The minimum Gasteiger partial charge on any atom is -0.491 e. The Labute approximate surface area is 192 Å². The molecule has 1 unspecified atom stereocenters. The number of hydrogen-bond donors (Lipinski definition) is 0. The van der Waals surface area contributed by atoms with Crippen molar-refractivity contribution < 1.29 is 13.9 Å². The van der Waals surface area contributed by atoms with Crippen molar-refractivity contribution in [3.05, 3.63) is 89.5 Å². The molecule has 0 radical (unpaired) electrons. The Hall–Kier alpha value is -3.67. The van der Waals surface area contributed by atoms with E-state index in [4.69, 9.17) is 9.72 Å². The van der Waals surface area contributed by atoms with Crippen LogP contribution >= 0.6 is 0 Å². The van der Waals surface area contributed by atoms with E-state index >= 15 is 0 Å². The van der Waals surface area contributed by atoms with E-state index in [2.05, 4.69) is 29.7 Å². The van der Waals surface area contributed by atoms with Crippen molar-refractivity contribution in [3.8, 4) is 5.75 Å². The van der Waals surface area contributed by atoms with E-state index in [0.29, 0.717) is 31.8 Å². The monoisotopic (exact) mass is 443 g/mol. The second-order valence-corrected chi connectivity index (χ2v) is 8.61. The van der Waals surface area contributed by atoms with Crippen LogP contribution in [0.4, 0.5) is 10.1 Å². The molecule has 4 aromatic rings. The highest BCUT2D eigenvalue weighted by Gasteiger charge is 2.35. The van der Waals surface area contributed by atoms with E-state index in [1.807, 2.05) is 31.2 Å². The highest BCUT2D eigenvalue weighted by Crippen LogP contribution is 2.33. The second kappa shape index (κ2) is 8.70. The van der Waals surface area contributed by atoms with Crippen LogP contribution in [0.2, 0.25) is 0 Å². The van der Waals surface area contributed by atoms with E-state index in [0.717, 1.165) is 33.7 Å². The summed E-state index contributed by atoms with van der Waals surface area (Å²) in [5.74, 6) is 1.31. The van der Waals surface area contributed by atoms with Crippen LogP contribution in [0.3, 0.4) is 0 Å². The molecule has 0 N–H and O–H groups in total. The summed E-state index contributed by atoms with van der Waals surface area (Å²) in [6.07, 6.45) is 0.345. The number of aryl methyl sites for hydroxylation is 2. The molecule has 1 aliphatic rings. The number of para-hydroxylation sites is 2. The van der Waals surface area contributed by atoms with Gasteiger partial charge in [0.05, 0.1) is 17.6 Å². The Morgan fingerprint density at radius 3 is 2.76 bits per heavy atom. The largest absolute Gasteiger partial charge is 0.491 e. The summed E-state index contributed by atoms with van der Waals surface area (Å²) in [5.41, 5.74) is 4.77. The summed E-state index contributed by atoms with van der Waals surface area (Å²) in [4.78, 5) is 19.3. The Morgan fingerprint density at radius 1 is 1.06 bits per heavy atom. The number of carbonyl (C=O) groups excluding carboxylic acids is 1. The number of carbonyl (C=O) groups is 1. The molecule has 6 heteroatoms. The average Bonchev–Trinajstić information content (AvgIpc) is 3.37. The lowest BCUT2D eigenvalue weighted by atomic mass is 10.1. The predicted octanol–water partition coefficient (Wildman–Crippen LogP) is 5.39. The number of anilines is 1. The zero-order valence-electron chi connectivity index (χ0n) is 18.8. The summed E-state index contributed by atoms with van der Waals surface area (Å²) >= 11 is 0. The first-order valence-electron chi connectivity index (χ1n) is 11.2. The lowest BCUT2D eigenvalue weighted by Gasteiger charge is -2.18. The van der Waals surface area contributed by atoms with Gasteiger partial charge in [-0.25, -0.2) is 9.37 Å². The third kappa shape index (κ3) is 4.21. The Bertz CT molecular complexity index is 1330. The minimum atomic E-state index is -0.348. The summed E-state index contributed by atoms with van der Waals surface area (Å²) in [6, 6.07) is 20.4. The minimum absolute atomic E-state index is 0.0177. The molecule has 0 saturated carbocycles. The molecule has 1 atom stereocenters. The SMILES string of the molecule is Cc1ccc(C)c(OCCn2c(C3CC(=O)N(c4cccc(F)c4)C3)nc3ccccc32)c1. The van der Waals surface area contributed by atoms with Crippen LogP contribution < -0.4 is 9.64 Å². The van der Waals surface area contributed by atoms with E-state index in [-0.39, 0.29) is 17.6 Å².